The first-order chi connectivity index (χ1) is 12.5. The highest BCUT2D eigenvalue weighted by atomic mass is 16.1. The lowest BCUT2D eigenvalue weighted by Gasteiger charge is -2.13. The second kappa shape index (κ2) is 7.19. The Balaban J connectivity index is 1.89. The second-order valence-electron chi connectivity index (χ2n) is 5.97. The topological polar surface area (TPSA) is 69.8 Å². The molecule has 3 rings (SSSR count). The van der Waals surface area contributed by atoms with Crippen LogP contribution in [0.15, 0.2) is 53.5 Å². The lowest BCUT2D eigenvalue weighted by molar-refractivity contribution is 0.0924. The zero-order chi connectivity index (χ0) is 18.7. The number of ketones is 1. The highest BCUT2D eigenvalue weighted by Crippen LogP contribution is 2.16. The molecule has 1 aromatic carbocycles. The van der Waals surface area contributed by atoms with Crippen LogP contribution in [-0.4, -0.2) is 25.3 Å². The maximum Gasteiger partial charge on any atom is 0.267 e. The summed E-state index contributed by atoms with van der Waals surface area (Å²) in [7, 11) is 0. The highest BCUT2D eigenvalue weighted by Gasteiger charge is 2.23. The second-order valence-corrected chi connectivity index (χ2v) is 5.97. The number of rotatable bonds is 5. The Hall–Kier alpha value is -3.46. The van der Waals surface area contributed by atoms with Crippen molar-refractivity contribution < 1.29 is 4.79 Å². The summed E-state index contributed by atoms with van der Waals surface area (Å²) in [5, 5.41) is 8.38. The van der Waals surface area contributed by atoms with Crippen LogP contribution in [0.25, 0.3) is 0 Å². The van der Waals surface area contributed by atoms with E-state index >= 15 is 0 Å². The molecule has 0 aliphatic rings. The van der Waals surface area contributed by atoms with Crippen LogP contribution in [-0.2, 0) is 6.54 Å². The number of benzene rings is 1. The van der Waals surface area contributed by atoms with Crippen LogP contribution in [0.5, 0.6) is 0 Å². The summed E-state index contributed by atoms with van der Waals surface area (Å²) >= 11 is 0. The van der Waals surface area contributed by atoms with E-state index in [2.05, 4.69) is 16.1 Å². The van der Waals surface area contributed by atoms with Gasteiger partial charge in [-0.2, -0.15) is 10.2 Å². The van der Waals surface area contributed by atoms with Crippen LogP contribution < -0.4 is 5.56 Å². The van der Waals surface area contributed by atoms with Gasteiger partial charge in [0, 0.05) is 11.8 Å². The van der Waals surface area contributed by atoms with E-state index in [9.17, 15) is 9.59 Å². The van der Waals surface area contributed by atoms with Gasteiger partial charge in [-0.1, -0.05) is 30.3 Å². The molecule has 0 fully saturated rings. The minimum absolute atomic E-state index is 0.231. The van der Waals surface area contributed by atoms with E-state index in [-0.39, 0.29) is 11.3 Å². The average molecular weight is 346 g/mol. The molecule has 2 aromatic heterocycles. The van der Waals surface area contributed by atoms with Gasteiger partial charge in [-0.05, 0) is 31.4 Å². The molecular weight excluding hydrogens is 328 g/mol. The molecule has 3 aromatic rings. The number of carbonyl (C=O) groups is 1. The monoisotopic (exact) mass is 346 g/mol. The number of nitrogens with zero attached hydrogens (tertiary/aromatic N) is 4. The van der Waals surface area contributed by atoms with Gasteiger partial charge in [0.25, 0.3) is 5.56 Å². The van der Waals surface area contributed by atoms with Crippen molar-refractivity contribution in [2.24, 2.45) is 0 Å². The molecule has 130 valence electrons. The standard InChI is InChI=1S/C20H18N4O2/c1-4-17-10-11-19(25)24(22-17)15(3)20(26)18-12-21-23(14(18)2)13-16-8-6-5-7-9-16/h1,5-12,15H,13H2,2-3H3. The van der Waals surface area contributed by atoms with Crippen molar-refractivity contribution in [2.45, 2.75) is 26.4 Å². The van der Waals surface area contributed by atoms with Gasteiger partial charge in [0.15, 0.2) is 5.78 Å². The molecule has 1 atom stereocenters. The average Bonchev–Trinajstić information content (AvgIpc) is 3.02. The normalized spacial score (nSPS) is 11.7. The van der Waals surface area contributed by atoms with Crippen molar-refractivity contribution >= 4 is 5.78 Å². The third-order valence-electron chi connectivity index (χ3n) is 4.26. The summed E-state index contributed by atoms with van der Waals surface area (Å²) in [6, 6.07) is 11.9. The zero-order valence-corrected chi connectivity index (χ0v) is 14.6. The quantitative estimate of drug-likeness (QED) is 0.525. The zero-order valence-electron chi connectivity index (χ0n) is 14.6. The van der Waals surface area contributed by atoms with Crippen molar-refractivity contribution in [3.8, 4) is 12.3 Å². The van der Waals surface area contributed by atoms with Crippen molar-refractivity contribution in [1.29, 1.82) is 0 Å². The first-order valence-corrected chi connectivity index (χ1v) is 8.18. The van der Waals surface area contributed by atoms with Gasteiger partial charge in [0.2, 0.25) is 0 Å². The molecule has 0 saturated heterocycles. The van der Waals surface area contributed by atoms with Gasteiger partial charge in [-0.25, -0.2) is 4.68 Å². The minimum Gasteiger partial charge on any atom is -0.292 e. The predicted molar refractivity (Wildman–Crippen MR) is 98.0 cm³/mol. The SMILES string of the molecule is C#Cc1ccc(=O)n(C(C)C(=O)c2cnn(Cc3ccccc3)c2C)n1. The lowest BCUT2D eigenvalue weighted by Crippen LogP contribution is -2.30. The van der Waals surface area contributed by atoms with Gasteiger partial charge in [-0.15, -0.1) is 6.42 Å². The van der Waals surface area contributed by atoms with Crippen LogP contribution in [0.3, 0.4) is 0 Å². The van der Waals surface area contributed by atoms with E-state index in [1.54, 1.807) is 11.6 Å². The Morgan fingerprint density at radius 3 is 2.65 bits per heavy atom. The summed E-state index contributed by atoms with van der Waals surface area (Å²) in [6.45, 7) is 4.04. The molecule has 1 unspecified atom stereocenters. The predicted octanol–water partition coefficient (Wildman–Crippen LogP) is 2.22. The summed E-state index contributed by atoms with van der Waals surface area (Å²) in [5.41, 5.74) is 2.23. The maximum atomic E-state index is 12.9. The number of aromatic nitrogens is 4. The fraction of sp³-hybridized carbons (Fsp3) is 0.200. The van der Waals surface area contributed by atoms with Crippen molar-refractivity contribution in [2.75, 3.05) is 0 Å². The molecule has 0 radical (unpaired) electrons. The lowest BCUT2D eigenvalue weighted by atomic mass is 10.1. The molecule has 0 amide bonds. The first kappa shape index (κ1) is 17.4. The number of terminal acetylenes is 1. The van der Waals surface area contributed by atoms with E-state index in [4.69, 9.17) is 6.42 Å². The fourth-order valence-corrected chi connectivity index (χ4v) is 2.72. The van der Waals surface area contributed by atoms with E-state index in [1.807, 2.05) is 37.3 Å². The number of carbonyl (C=O) groups excluding carboxylic acids is 1. The minimum atomic E-state index is -0.774. The van der Waals surface area contributed by atoms with Gasteiger partial charge < -0.3 is 0 Å². The third-order valence-corrected chi connectivity index (χ3v) is 4.26. The van der Waals surface area contributed by atoms with Crippen LogP contribution in [0.1, 0.15) is 40.3 Å². The first-order valence-electron chi connectivity index (χ1n) is 8.18. The molecule has 2 heterocycles. The maximum absolute atomic E-state index is 12.9. The Morgan fingerprint density at radius 2 is 1.96 bits per heavy atom. The van der Waals surface area contributed by atoms with E-state index in [0.717, 1.165) is 15.9 Å². The third kappa shape index (κ3) is 3.33. The van der Waals surface area contributed by atoms with Crippen molar-refractivity contribution in [3.63, 3.8) is 0 Å². The van der Waals surface area contributed by atoms with Gasteiger partial charge in [-0.3, -0.25) is 14.3 Å². The summed E-state index contributed by atoms with van der Waals surface area (Å²) < 4.78 is 2.88. The van der Waals surface area contributed by atoms with Crippen LogP contribution in [0.2, 0.25) is 0 Å². The number of hydrogen-bond donors (Lipinski definition) is 0. The molecule has 0 saturated carbocycles. The molecule has 6 nitrogen and oxygen atoms in total. The van der Waals surface area contributed by atoms with Crippen LogP contribution >= 0.6 is 0 Å². The van der Waals surface area contributed by atoms with Gasteiger partial charge in [0.05, 0.1) is 18.3 Å². The molecule has 0 aliphatic heterocycles. The van der Waals surface area contributed by atoms with Crippen LogP contribution in [0, 0.1) is 19.3 Å². The molecular formula is C20H18N4O2. The van der Waals surface area contributed by atoms with E-state index in [0.29, 0.717) is 17.8 Å². The van der Waals surface area contributed by atoms with E-state index in [1.165, 1.54) is 18.3 Å². The largest absolute Gasteiger partial charge is 0.292 e. The highest BCUT2D eigenvalue weighted by molar-refractivity contribution is 5.99. The summed E-state index contributed by atoms with van der Waals surface area (Å²) in [6.07, 6.45) is 6.87. The molecule has 26 heavy (non-hydrogen) atoms. The summed E-state index contributed by atoms with van der Waals surface area (Å²) in [4.78, 5) is 24.9. The Kier molecular flexibility index (Phi) is 4.81. The molecule has 0 bridgehead atoms. The smallest absolute Gasteiger partial charge is 0.267 e. The Labute approximate surface area is 151 Å². The molecule has 6 heteroatoms. The van der Waals surface area contributed by atoms with Crippen molar-refractivity contribution in [1.82, 2.24) is 19.6 Å². The number of Topliss-reactive ketones (excluding diaryl/α,β-unsaturated/α-hetero) is 1. The Bertz CT molecular complexity index is 1040. The van der Waals surface area contributed by atoms with Gasteiger partial charge in [0.1, 0.15) is 11.7 Å². The fourth-order valence-electron chi connectivity index (χ4n) is 2.72. The van der Waals surface area contributed by atoms with Gasteiger partial charge >= 0.3 is 0 Å². The van der Waals surface area contributed by atoms with E-state index < -0.39 is 6.04 Å². The Morgan fingerprint density at radius 1 is 1.23 bits per heavy atom. The molecule has 0 aliphatic carbocycles. The summed E-state index contributed by atoms with van der Waals surface area (Å²) in [5.74, 6) is 2.14. The van der Waals surface area contributed by atoms with Crippen molar-refractivity contribution in [3.05, 3.63) is 81.5 Å². The molecule has 0 N–H and O–H groups in total. The molecule has 0 spiro atoms. The van der Waals surface area contributed by atoms with Crippen LogP contribution in [0.4, 0.5) is 0 Å². The number of hydrogen-bond acceptors (Lipinski definition) is 4.